The number of hydrogen-bond donors (Lipinski definition) is 1. The van der Waals surface area contributed by atoms with Crippen LogP contribution in [0.1, 0.15) is 22.3 Å². The molecule has 0 aliphatic carbocycles. The van der Waals surface area contributed by atoms with Gasteiger partial charge in [-0.1, -0.05) is 42.0 Å². The highest BCUT2D eigenvalue weighted by Gasteiger charge is 1.95. The quantitative estimate of drug-likeness (QED) is 0.923. The van der Waals surface area contributed by atoms with Crippen LogP contribution in [0.2, 0.25) is 0 Å². The first kappa shape index (κ1) is 15.2. The van der Waals surface area contributed by atoms with Crippen molar-refractivity contribution in [3.63, 3.8) is 0 Å². The molecule has 19 heavy (non-hydrogen) atoms. The molecule has 0 amide bonds. The maximum atomic E-state index is 8.71. The van der Waals surface area contributed by atoms with Crippen molar-refractivity contribution in [1.82, 2.24) is 5.32 Å². The summed E-state index contributed by atoms with van der Waals surface area (Å²) in [5.74, 6) is 0. The van der Waals surface area contributed by atoms with Gasteiger partial charge in [0, 0.05) is 13.1 Å². The third kappa shape index (κ3) is 4.75. The number of halogens is 1. The van der Waals surface area contributed by atoms with Crippen LogP contribution >= 0.6 is 12.4 Å². The summed E-state index contributed by atoms with van der Waals surface area (Å²) in [4.78, 5) is 0. The highest BCUT2D eigenvalue weighted by Crippen LogP contribution is 2.05. The zero-order chi connectivity index (χ0) is 12.8. The lowest BCUT2D eigenvalue weighted by atomic mass is 10.1. The van der Waals surface area contributed by atoms with E-state index in [0.717, 1.165) is 13.1 Å². The summed E-state index contributed by atoms with van der Waals surface area (Å²) in [5, 5.41) is 12.1. The summed E-state index contributed by atoms with van der Waals surface area (Å²) in [6, 6.07) is 18.3. The number of benzene rings is 2. The Morgan fingerprint density at radius 2 is 1.68 bits per heavy atom. The van der Waals surface area contributed by atoms with Crippen molar-refractivity contribution in [2.24, 2.45) is 0 Å². The van der Waals surface area contributed by atoms with Crippen LogP contribution < -0.4 is 5.32 Å². The zero-order valence-electron chi connectivity index (χ0n) is 10.9. The Labute approximate surface area is 120 Å². The summed E-state index contributed by atoms with van der Waals surface area (Å²) < 4.78 is 0. The molecule has 0 bridgehead atoms. The van der Waals surface area contributed by atoms with Gasteiger partial charge in [0.1, 0.15) is 0 Å². The Kier molecular flexibility index (Phi) is 6.08. The molecule has 0 aromatic heterocycles. The number of hydrogen-bond acceptors (Lipinski definition) is 2. The topological polar surface area (TPSA) is 35.8 Å². The molecule has 2 aromatic carbocycles. The predicted molar refractivity (Wildman–Crippen MR) is 80.1 cm³/mol. The van der Waals surface area contributed by atoms with E-state index in [4.69, 9.17) is 5.26 Å². The van der Waals surface area contributed by atoms with E-state index in [1.165, 1.54) is 16.7 Å². The lowest BCUT2D eigenvalue weighted by molar-refractivity contribution is 0.693. The van der Waals surface area contributed by atoms with Gasteiger partial charge in [-0.3, -0.25) is 0 Å². The number of nitriles is 1. The van der Waals surface area contributed by atoms with Gasteiger partial charge in [0.2, 0.25) is 0 Å². The lowest BCUT2D eigenvalue weighted by Gasteiger charge is -2.06. The maximum absolute atomic E-state index is 8.71. The number of aryl methyl sites for hydroxylation is 1. The first-order valence-corrected chi connectivity index (χ1v) is 6.03. The number of nitrogens with zero attached hydrogens (tertiary/aromatic N) is 1. The Balaban J connectivity index is 0.00000180. The van der Waals surface area contributed by atoms with Crippen molar-refractivity contribution in [3.05, 3.63) is 70.8 Å². The van der Waals surface area contributed by atoms with E-state index < -0.39 is 0 Å². The molecule has 0 spiro atoms. The smallest absolute Gasteiger partial charge is 0.0991 e. The number of rotatable bonds is 4. The molecule has 0 radical (unpaired) electrons. The van der Waals surface area contributed by atoms with Gasteiger partial charge in [-0.15, -0.1) is 12.4 Å². The molecule has 2 aromatic rings. The molecule has 0 atom stereocenters. The molecule has 0 aliphatic heterocycles. The fraction of sp³-hybridized carbons (Fsp3) is 0.188. The minimum Gasteiger partial charge on any atom is -0.309 e. The van der Waals surface area contributed by atoms with E-state index in [2.05, 4.69) is 42.6 Å². The fourth-order valence-corrected chi connectivity index (χ4v) is 1.87. The van der Waals surface area contributed by atoms with Gasteiger partial charge >= 0.3 is 0 Å². The monoisotopic (exact) mass is 272 g/mol. The summed E-state index contributed by atoms with van der Waals surface area (Å²) in [5.41, 5.74) is 4.48. The first-order chi connectivity index (χ1) is 8.78. The van der Waals surface area contributed by atoms with E-state index in [-0.39, 0.29) is 12.4 Å². The van der Waals surface area contributed by atoms with E-state index in [0.29, 0.717) is 5.56 Å². The second kappa shape index (κ2) is 7.58. The maximum Gasteiger partial charge on any atom is 0.0991 e. The van der Waals surface area contributed by atoms with Crippen molar-refractivity contribution >= 4 is 12.4 Å². The lowest BCUT2D eigenvalue weighted by Crippen LogP contribution is -2.12. The Bertz CT molecular complexity index is 556. The molecule has 0 saturated heterocycles. The molecule has 98 valence electrons. The van der Waals surface area contributed by atoms with E-state index in [1.54, 1.807) is 0 Å². The van der Waals surface area contributed by atoms with Crippen molar-refractivity contribution < 1.29 is 0 Å². The number of nitrogens with one attached hydrogen (secondary N) is 1. The Morgan fingerprint density at radius 1 is 1.00 bits per heavy atom. The van der Waals surface area contributed by atoms with Gasteiger partial charge in [0.05, 0.1) is 11.6 Å². The average Bonchev–Trinajstić information content (AvgIpc) is 2.40. The highest BCUT2D eigenvalue weighted by atomic mass is 35.5. The van der Waals surface area contributed by atoms with Crippen LogP contribution in [0, 0.1) is 18.3 Å². The van der Waals surface area contributed by atoms with E-state index in [9.17, 15) is 0 Å². The van der Waals surface area contributed by atoms with Crippen LogP contribution in [0.5, 0.6) is 0 Å². The first-order valence-electron chi connectivity index (χ1n) is 6.03. The molecule has 2 nitrogen and oxygen atoms in total. The van der Waals surface area contributed by atoms with Gasteiger partial charge in [-0.25, -0.2) is 0 Å². The molecule has 0 saturated carbocycles. The molecule has 0 unspecified atom stereocenters. The molecule has 0 fully saturated rings. The van der Waals surface area contributed by atoms with Gasteiger partial charge in [0.15, 0.2) is 0 Å². The molecule has 0 heterocycles. The molecular formula is C16H17ClN2. The third-order valence-corrected chi connectivity index (χ3v) is 2.82. The van der Waals surface area contributed by atoms with Crippen LogP contribution in [-0.2, 0) is 13.1 Å². The molecular weight excluding hydrogens is 256 g/mol. The van der Waals surface area contributed by atoms with Crippen LogP contribution in [0.3, 0.4) is 0 Å². The summed E-state index contributed by atoms with van der Waals surface area (Å²) in [6.45, 7) is 3.78. The van der Waals surface area contributed by atoms with Crippen LogP contribution in [0.15, 0.2) is 48.5 Å². The minimum atomic E-state index is 0. The van der Waals surface area contributed by atoms with Crippen LogP contribution in [-0.4, -0.2) is 0 Å². The predicted octanol–water partition coefficient (Wildman–Crippen LogP) is 3.58. The van der Waals surface area contributed by atoms with E-state index in [1.807, 2.05) is 24.3 Å². The Morgan fingerprint density at radius 3 is 2.32 bits per heavy atom. The molecule has 3 heteroatoms. The fourth-order valence-electron chi connectivity index (χ4n) is 1.87. The largest absolute Gasteiger partial charge is 0.309 e. The third-order valence-electron chi connectivity index (χ3n) is 2.82. The summed E-state index contributed by atoms with van der Waals surface area (Å²) >= 11 is 0. The standard InChI is InChI=1S/C16H16N2.ClH/c1-13-3-2-4-16(9-13)12-18-11-15-7-5-14(10-17)6-8-15;/h2-9,18H,11-12H2,1H3;1H. The van der Waals surface area contributed by atoms with Crippen LogP contribution in [0.4, 0.5) is 0 Å². The summed E-state index contributed by atoms with van der Waals surface area (Å²) in [7, 11) is 0. The normalized spacial score (nSPS) is 9.47. The van der Waals surface area contributed by atoms with Gasteiger partial charge in [-0.05, 0) is 30.2 Å². The van der Waals surface area contributed by atoms with Crippen molar-refractivity contribution in [1.29, 1.82) is 5.26 Å². The minimum absolute atomic E-state index is 0. The van der Waals surface area contributed by atoms with Gasteiger partial charge in [-0.2, -0.15) is 5.26 Å². The van der Waals surface area contributed by atoms with E-state index >= 15 is 0 Å². The van der Waals surface area contributed by atoms with Gasteiger partial charge in [0.25, 0.3) is 0 Å². The zero-order valence-corrected chi connectivity index (χ0v) is 11.7. The van der Waals surface area contributed by atoms with Crippen LogP contribution in [0.25, 0.3) is 0 Å². The second-order valence-electron chi connectivity index (χ2n) is 4.40. The Hall–Kier alpha value is -1.82. The summed E-state index contributed by atoms with van der Waals surface area (Å²) in [6.07, 6.45) is 0. The van der Waals surface area contributed by atoms with Crippen molar-refractivity contribution in [3.8, 4) is 6.07 Å². The van der Waals surface area contributed by atoms with Crippen molar-refractivity contribution in [2.75, 3.05) is 0 Å². The average molecular weight is 273 g/mol. The molecule has 0 aliphatic rings. The van der Waals surface area contributed by atoms with Gasteiger partial charge < -0.3 is 5.32 Å². The second-order valence-corrected chi connectivity index (χ2v) is 4.40. The SMILES string of the molecule is Cc1cccc(CNCc2ccc(C#N)cc2)c1.Cl. The molecule has 2 rings (SSSR count). The highest BCUT2D eigenvalue weighted by molar-refractivity contribution is 5.85. The van der Waals surface area contributed by atoms with Crippen molar-refractivity contribution in [2.45, 2.75) is 20.0 Å². The molecule has 1 N–H and O–H groups in total.